The molecule has 2 atom stereocenters. The minimum atomic E-state index is -2.93. The minimum Gasteiger partial charge on any atom is -0.326 e. The average molecular weight is 188 g/mol. The van der Waals surface area contributed by atoms with Crippen LogP contribution in [0.1, 0.15) is 12.8 Å². The molecular formula is C7H12N2O2S. The summed E-state index contributed by atoms with van der Waals surface area (Å²) >= 11 is 0. The van der Waals surface area contributed by atoms with Crippen LogP contribution < -0.4 is 5.73 Å². The number of sulfone groups is 1. The Morgan fingerprint density at radius 1 is 1.33 bits per heavy atom. The van der Waals surface area contributed by atoms with Gasteiger partial charge >= 0.3 is 0 Å². The number of nitriles is 1. The van der Waals surface area contributed by atoms with Crippen molar-refractivity contribution >= 4 is 9.84 Å². The average Bonchev–Trinajstić information content (AvgIpc) is 2.13. The third kappa shape index (κ3) is 2.19. The molecule has 5 heteroatoms. The molecule has 0 unspecified atom stereocenters. The topological polar surface area (TPSA) is 84.0 Å². The molecule has 1 heterocycles. The summed E-state index contributed by atoms with van der Waals surface area (Å²) in [5.41, 5.74) is 5.62. The van der Waals surface area contributed by atoms with Crippen LogP contribution in [0.3, 0.4) is 0 Å². The summed E-state index contributed by atoms with van der Waals surface area (Å²) in [5, 5.41) is 8.63. The second kappa shape index (κ2) is 3.42. The second-order valence-corrected chi connectivity index (χ2v) is 5.43. The van der Waals surface area contributed by atoms with Gasteiger partial charge in [0.2, 0.25) is 0 Å². The van der Waals surface area contributed by atoms with E-state index in [0.29, 0.717) is 12.8 Å². The molecule has 2 N–H and O–H groups in total. The first kappa shape index (κ1) is 9.49. The fraction of sp³-hybridized carbons (Fsp3) is 0.857. The van der Waals surface area contributed by atoms with E-state index in [1.807, 2.05) is 6.07 Å². The van der Waals surface area contributed by atoms with Crippen LogP contribution in [-0.4, -0.2) is 26.0 Å². The Kier molecular flexibility index (Phi) is 2.70. The first-order chi connectivity index (χ1) is 5.55. The summed E-state index contributed by atoms with van der Waals surface area (Å²) < 4.78 is 22.2. The number of hydrogen-bond acceptors (Lipinski definition) is 4. The molecule has 1 rings (SSSR count). The van der Waals surface area contributed by atoms with Crippen molar-refractivity contribution in [2.24, 2.45) is 11.7 Å². The van der Waals surface area contributed by atoms with E-state index in [2.05, 4.69) is 0 Å². The first-order valence-corrected chi connectivity index (χ1v) is 5.73. The summed E-state index contributed by atoms with van der Waals surface area (Å²) in [6, 6.07) is 1.77. The van der Waals surface area contributed by atoms with Crippen LogP contribution >= 0.6 is 0 Å². The first-order valence-electron chi connectivity index (χ1n) is 3.91. The zero-order chi connectivity index (χ0) is 9.19. The van der Waals surface area contributed by atoms with E-state index >= 15 is 0 Å². The predicted molar refractivity (Wildman–Crippen MR) is 45.0 cm³/mol. The van der Waals surface area contributed by atoms with Crippen molar-refractivity contribution < 1.29 is 8.42 Å². The van der Waals surface area contributed by atoms with Crippen LogP contribution in [0.15, 0.2) is 0 Å². The molecule has 4 nitrogen and oxygen atoms in total. The van der Waals surface area contributed by atoms with Gasteiger partial charge in [0.15, 0.2) is 0 Å². The molecule has 0 amide bonds. The number of hydrogen-bond donors (Lipinski definition) is 1. The largest absolute Gasteiger partial charge is 0.326 e. The van der Waals surface area contributed by atoms with Crippen molar-refractivity contribution in [3.8, 4) is 6.07 Å². The molecule has 1 aliphatic heterocycles. The summed E-state index contributed by atoms with van der Waals surface area (Å²) in [7, 11) is -2.93. The summed E-state index contributed by atoms with van der Waals surface area (Å²) in [5.74, 6) is -0.0482. The van der Waals surface area contributed by atoms with Crippen molar-refractivity contribution in [2.75, 3.05) is 11.5 Å². The highest BCUT2D eigenvalue weighted by Crippen LogP contribution is 2.16. The van der Waals surface area contributed by atoms with E-state index in [1.165, 1.54) is 0 Å². The Morgan fingerprint density at radius 2 is 1.92 bits per heavy atom. The van der Waals surface area contributed by atoms with Crippen molar-refractivity contribution in [3.05, 3.63) is 0 Å². The molecule has 0 aromatic heterocycles. The molecular weight excluding hydrogens is 176 g/mol. The van der Waals surface area contributed by atoms with Crippen molar-refractivity contribution in [1.29, 1.82) is 5.26 Å². The molecule has 1 saturated heterocycles. The van der Waals surface area contributed by atoms with Crippen LogP contribution in [-0.2, 0) is 9.84 Å². The smallest absolute Gasteiger partial charge is 0.150 e. The lowest BCUT2D eigenvalue weighted by Gasteiger charge is -2.11. The molecule has 0 saturated carbocycles. The third-order valence-electron chi connectivity index (χ3n) is 2.18. The Hall–Kier alpha value is -0.600. The van der Waals surface area contributed by atoms with E-state index < -0.39 is 9.84 Å². The monoisotopic (exact) mass is 188 g/mol. The lowest BCUT2D eigenvalue weighted by atomic mass is 9.98. The highest BCUT2D eigenvalue weighted by Gasteiger charge is 2.26. The van der Waals surface area contributed by atoms with Crippen LogP contribution in [0.25, 0.3) is 0 Å². The maximum Gasteiger partial charge on any atom is 0.150 e. The molecule has 0 bridgehead atoms. The molecule has 0 aromatic carbocycles. The fourth-order valence-corrected chi connectivity index (χ4v) is 2.75. The standard InChI is InChI=1S/C7H12N2O2S/c8-5-6-1-3-12(10,11)4-2-7(6)9/h6-7H,1-4,9H2/t6-,7+/m1/s1. The molecule has 0 aromatic rings. The van der Waals surface area contributed by atoms with Gasteiger partial charge in [-0.3, -0.25) is 0 Å². The van der Waals surface area contributed by atoms with Gasteiger partial charge in [0.25, 0.3) is 0 Å². The molecule has 0 radical (unpaired) electrons. The SMILES string of the molecule is N#C[C@H]1CCS(=O)(=O)CC[C@@H]1N. The summed E-state index contributed by atoms with van der Waals surface area (Å²) in [6.07, 6.45) is 0.806. The zero-order valence-corrected chi connectivity index (χ0v) is 7.55. The number of rotatable bonds is 0. The van der Waals surface area contributed by atoms with E-state index in [-0.39, 0.29) is 23.5 Å². The zero-order valence-electron chi connectivity index (χ0n) is 6.73. The van der Waals surface area contributed by atoms with Gasteiger partial charge in [0.05, 0.1) is 23.5 Å². The Bertz CT molecular complexity index is 291. The minimum absolute atomic E-state index is 0.110. The predicted octanol–water partition coefficient (Wildman–Crippen LogP) is -0.338. The van der Waals surface area contributed by atoms with Gasteiger partial charge in [0.1, 0.15) is 9.84 Å². The fourth-order valence-electron chi connectivity index (χ4n) is 1.30. The van der Waals surface area contributed by atoms with E-state index in [0.717, 1.165) is 0 Å². The van der Waals surface area contributed by atoms with Gasteiger partial charge in [-0.25, -0.2) is 8.42 Å². The van der Waals surface area contributed by atoms with E-state index in [9.17, 15) is 8.42 Å². The van der Waals surface area contributed by atoms with E-state index in [1.54, 1.807) is 0 Å². The molecule has 0 spiro atoms. The molecule has 0 aliphatic carbocycles. The van der Waals surface area contributed by atoms with Crippen molar-refractivity contribution in [3.63, 3.8) is 0 Å². The second-order valence-electron chi connectivity index (χ2n) is 3.13. The number of nitrogens with zero attached hydrogens (tertiary/aromatic N) is 1. The molecule has 1 fully saturated rings. The van der Waals surface area contributed by atoms with Crippen LogP contribution in [0, 0.1) is 17.2 Å². The number of nitrogens with two attached hydrogens (primary N) is 1. The lowest BCUT2D eigenvalue weighted by molar-refractivity contribution is 0.499. The maximum atomic E-state index is 11.1. The van der Waals surface area contributed by atoms with Crippen LogP contribution in [0.2, 0.25) is 0 Å². The van der Waals surface area contributed by atoms with Gasteiger partial charge in [-0.1, -0.05) is 0 Å². The maximum absolute atomic E-state index is 11.1. The Balaban J connectivity index is 2.73. The van der Waals surface area contributed by atoms with Gasteiger partial charge in [-0.15, -0.1) is 0 Å². The van der Waals surface area contributed by atoms with Crippen molar-refractivity contribution in [1.82, 2.24) is 0 Å². The normalized spacial score (nSPS) is 35.0. The highest BCUT2D eigenvalue weighted by atomic mass is 32.2. The van der Waals surface area contributed by atoms with Crippen LogP contribution in [0.5, 0.6) is 0 Å². The van der Waals surface area contributed by atoms with Gasteiger partial charge in [0, 0.05) is 6.04 Å². The summed E-state index contributed by atoms with van der Waals surface area (Å²) in [6.45, 7) is 0. The molecule has 12 heavy (non-hydrogen) atoms. The van der Waals surface area contributed by atoms with E-state index in [4.69, 9.17) is 11.0 Å². The Labute approximate surface area is 72.3 Å². The summed E-state index contributed by atoms with van der Waals surface area (Å²) in [4.78, 5) is 0. The Morgan fingerprint density at radius 3 is 2.50 bits per heavy atom. The molecule has 1 aliphatic rings. The van der Waals surface area contributed by atoms with Gasteiger partial charge in [-0.2, -0.15) is 5.26 Å². The van der Waals surface area contributed by atoms with Crippen molar-refractivity contribution in [2.45, 2.75) is 18.9 Å². The van der Waals surface area contributed by atoms with Gasteiger partial charge in [-0.05, 0) is 12.8 Å². The van der Waals surface area contributed by atoms with Crippen LogP contribution in [0.4, 0.5) is 0 Å². The highest BCUT2D eigenvalue weighted by molar-refractivity contribution is 7.91. The van der Waals surface area contributed by atoms with Gasteiger partial charge < -0.3 is 5.73 Å². The lowest BCUT2D eigenvalue weighted by Crippen LogP contribution is -2.28. The third-order valence-corrected chi connectivity index (χ3v) is 3.90. The quantitative estimate of drug-likeness (QED) is 0.563. The molecule has 68 valence electrons.